The number of fused-ring (bicyclic) bond motifs is 1. The minimum absolute atomic E-state index is 0.00594. The number of hydrogen-bond acceptors (Lipinski definition) is 6. The number of anilines is 4. The van der Waals surface area contributed by atoms with E-state index in [1.54, 1.807) is 42.5 Å². The number of hydrogen-bond donors (Lipinski definition) is 4. The average Bonchev–Trinajstić information content (AvgIpc) is 2.72. The summed E-state index contributed by atoms with van der Waals surface area (Å²) in [5.41, 5.74) is 0.471. The molecular formula is C21H17Cl2N5O4. The molecule has 32 heavy (non-hydrogen) atoms. The number of halogens is 2. The van der Waals surface area contributed by atoms with E-state index in [4.69, 9.17) is 27.9 Å². The maximum absolute atomic E-state index is 12.9. The summed E-state index contributed by atoms with van der Waals surface area (Å²) in [6.45, 7) is 0. The molecule has 2 aromatic carbocycles. The molecule has 11 heteroatoms. The number of aromatic amines is 1. The topological polar surface area (TPSA) is 125 Å². The van der Waals surface area contributed by atoms with Crippen LogP contribution in [0.4, 0.5) is 23.1 Å². The molecular weight excluding hydrogens is 457 g/mol. The van der Waals surface area contributed by atoms with Gasteiger partial charge in [-0.15, -0.1) is 0 Å². The molecule has 0 aliphatic carbocycles. The number of amides is 2. The van der Waals surface area contributed by atoms with Crippen molar-refractivity contribution in [2.45, 2.75) is 12.3 Å². The lowest BCUT2D eigenvalue weighted by Gasteiger charge is -2.23. The summed E-state index contributed by atoms with van der Waals surface area (Å²) in [6, 6.07) is 11.5. The Bertz CT molecular complexity index is 1260. The number of methoxy groups -OCH3 is 1. The third-order valence-electron chi connectivity index (χ3n) is 4.73. The van der Waals surface area contributed by atoms with E-state index in [1.807, 2.05) is 0 Å². The van der Waals surface area contributed by atoms with Gasteiger partial charge >= 0.3 is 0 Å². The largest absolute Gasteiger partial charge is 0.497 e. The molecule has 2 amide bonds. The van der Waals surface area contributed by atoms with Crippen LogP contribution < -0.4 is 26.2 Å². The predicted molar refractivity (Wildman–Crippen MR) is 122 cm³/mol. The van der Waals surface area contributed by atoms with E-state index in [0.29, 0.717) is 27.2 Å². The van der Waals surface area contributed by atoms with Gasteiger partial charge in [0.2, 0.25) is 17.8 Å². The molecule has 9 nitrogen and oxygen atoms in total. The van der Waals surface area contributed by atoms with E-state index in [-0.39, 0.29) is 23.8 Å². The fourth-order valence-corrected chi connectivity index (χ4v) is 3.87. The van der Waals surface area contributed by atoms with Crippen LogP contribution >= 0.6 is 23.2 Å². The summed E-state index contributed by atoms with van der Waals surface area (Å²) in [5.74, 6) is -1.34. The summed E-state index contributed by atoms with van der Waals surface area (Å²) >= 11 is 12.0. The zero-order valence-corrected chi connectivity index (χ0v) is 18.2. The number of aromatic nitrogens is 2. The van der Waals surface area contributed by atoms with Crippen molar-refractivity contribution in [1.82, 2.24) is 9.97 Å². The third-order valence-corrected chi connectivity index (χ3v) is 5.17. The van der Waals surface area contributed by atoms with Crippen LogP contribution in [0.3, 0.4) is 0 Å². The van der Waals surface area contributed by atoms with Crippen molar-refractivity contribution in [3.63, 3.8) is 0 Å². The molecule has 1 unspecified atom stereocenters. The van der Waals surface area contributed by atoms with Crippen molar-refractivity contribution in [1.29, 1.82) is 0 Å². The molecule has 0 bridgehead atoms. The van der Waals surface area contributed by atoms with E-state index in [9.17, 15) is 14.4 Å². The zero-order valence-electron chi connectivity index (χ0n) is 16.7. The quantitative estimate of drug-likeness (QED) is 0.445. The normalized spacial score (nSPS) is 14.8. The lowest BCUT2D eigenvalue weighted by atomic mass is 9.92. The van der Waals surface area contributed by atoms with Crippen molar-refractivity contribution in [3.05, 3.63) is 68.4 Å². The Morgan fingerprint density at radius 3 is 2.59 bits per heavy atom. The summed E-state index contributed by atoms with van der Waals surface area (Å²) in [6.07, 6.45) is -0.190. The summed E-state index contributed by atoms with van der Waals surface area (Å²) in [4.78, 5) is 44.9. The Balaban J connectivity index is 1.63. The number of ether oxygens (including phenoxy) is 1. The Labute approximate surface area is 192 Å². The number of carbonyl (C=O) groups is 2. The van der Waals surface area contributed by atoms with Crippen LogP contribution in [-0.2, 0) is 9.59 Å². The van der Waals surface area contributed by atoms with Crippen LogP contribution in [0.1, 0.15) is 17.9 Å². The van der Waals surface area contributed by atoms with Gasteiger partial charge < -0.3 is 20.7 Å². The fourth-order valence-electron chi connectivity index (χ4n) is 3.35. The van der Waals surface area contributed by atoms with Gasteiger partial charge in [-0.05, 0) is 30.3 Å². The summed E-state index contributed by atoms with van der Waals surface area (Å²) in [7, 11) is 1.51. The van der Waals surface area contributed by atoms with Gasteiger partial charge in [-0.25, -0.2) is 0 Å². The molecule has 4 N–H and O–H groups in total. The van der Waals surface area contributed by atoms with E-state index in [1.165, 1.54) is 7.11 Å². The van der Waals surface area contributed by atoms with Crippen LogP contribution in [-0.4, -0.2) is 28.9 Å². The van der Waals surface area contributed by atoms with E-state index >= 15 is 0 Å². The number of benzene rings is 2. The molecule has 1 aliphatic rings. The smallest absolute Gasteiger partial charge is 0.258 e. The van der Waals surface area contributed by atoms with E-state index < -0.39 is 23.3 Å². The number of rotatable bonds is 5. The lowest BCUT2D eigenvalue weighted by molar-refractivity contribution is -0.123. The predicted octanol–water partition coefficient (Wildman–Crippen LogP) is 3.89. The molecule has 1 aromatic heterocycles. The molecule has 0 spiro atoms. The molecule has 0 saturated heterocycles. The number of nitrogens with one attached hydrogen (secondary N) is 4. The Morgan fingerprint density at radius 1 is 1.12 bits per heavy atom. The standard InChI is InChI=1S/C21H17Cl2N5O4/c1-32-14-4-2-3-12(8-14)24-19(30)15-9-16(29)26-18-17(15)20(31)28-21(27-18)25-13-6-10(22)5-11(23)7-13/h2-8,15H,9H2,1H3,(H,24,30)(H3,25,26,27,28,29,31). The average molecular weight is 474 g/mol. The fraction of sp³-hybridized carbons (Fsp3) is 0.143. The summed E-state index contributed by atoms with van der Waals surface area (Å²) in [5, 5.41) is 8.94. The number of carbonyl (C=O) groups excluding carboxylic acids is 2. The van der Waals surface area contributed by atoms with Gasteiger partial charge in [0, 0.05) is 33.9 Å². The Morgan fingerprint density at radius 2 is 1.88 bits per heavy atom. The monoisotopic (exact) mass is 473 g/mol. The van der Waals surface area contributed by atoms with Crippen molar-refractivity contribution < 1.29 is 14.3 Å². The second kappa shape index (κ2) is 8.89. The molecule has 0 radical (unpaired) electrons. The van der Waals surface area contributed by atoms with Gasteiger partial charge in [-0.2, -0.15) is 4.98 Å². The van der Waals surface area contributed by atoms with Crippen molar-refractivity contribution in [2.75, 3.05) is 23.1 Å². The van der Waals surface area contributed by atoms with Crippen LogP contribution in [0.5, 0.6) is 5.75 Å². The highest BCUT2D eigenvalue weighted by molar-refractivity contribution is 6.35. The van der Waals surface area contributed by atoms with Gasteiger partial charge in [0.15, 0.2) is 0 Å². The van der Waals surface area contributed by atoms with Crippen LogP contribution in [0.2, 0.25) is 10.0 Å². The van der Waals surface area contributed by atoms with Gasteiger partial charge in [0.05, 0.1) is 18.6 Å². The summed E-state index contributed by atoms with van der Waals surface area (Å²) < 4.78 is 5.15. The van der Waals surface area contributed by atoms with Gasteiger partial charge in [0.25, 0.3) is 5.56 Å². The highest BCUT2D eigenvalue weighted by Gasteiger charge is 2.34. The molecule has 4 rings (SSSR count). The molecule has 3 aromatic rings. The van der Waals surface area contributed by atoms with Crippen LogP contribution in [0.25, 0.3) is 0 Å². The van der Waals surface area contributed by atoms with Gasteiger partial charge in [-0.1, -0.05) is 29.3 Å². The first kappa shape index (κ1) is 21.7. The van der Waals surface area contributed by atoms with Crippen molar-refractivity contribution >= 4 is 58.2 Å². The van der Waals surface area contributed by atoms with Gasteiger partial charge in [-0.3, -0.25) is 19.4 Å². The number of nitrogens with zero attached hydrogens (tertiary/aromatic N) is 1. The second-order valence-electron chi connectivity index (χ2n) is 6.99. The van der Waals surface area contributed by atoms with Crippen LogP contribution in [0.15, 0.2) is 47.3 Å². The van der Waals surface area contributed by atoms with E-state index in [2.05, 4.69) is 25.9 Å². The van der Waals surface area contributed by atoms with Gasteiger partial charge in [0.1, 0.15) is 11.6 Å². The highest BCUT2D eigenvalue weighted by atomic mass is 35.5. The minimum atomic E-state index is -1.02. The van der Waals surface area contributed by atoms with Crippen molar-refractivity contribution in [2.24, 2.45) is 0 Å². The first-order valence-corrected chi connectivity index (χ1v) is 10.2. The maximum atomic E-state index is 12.9. The highest BCUT2D eigenvalue weighted by Crippen LogP contribution is 2.31. The first-order chi connectivity index (χ1) is 15.3. The molecule has 0 fully saturated rings. The Hall–Kier alpha value is -3.56. The molecule has 0 saturated carbocycles. The van der Waals surface area contributed by atoms with E-state index in [0.717, 1.165) is 0 Å². The Kier molecular flexibility index (Phi) is 6.02. The molecule has 1 aliphatic heterocycles. The maximum Gasteiger partial charge on any atom is 0.258 e. The van der Waals surface area contributed by atoms with Crippen molar-refractivity contribution in [3.8, 4) is 5.75 Å². The molecule has 2 heterocycles. The molecule has 164 valence electrons. The SMILES string of the molecule is COc1cccc(NC(=O)C2CC(=O)Nc3nc(Nc4cc(Cl)cc(Cl)c4)[nH]c(=O)c32)c1. The minimum Gasteiger partial charge on any atom is -0.497 e. The second-order valence-corrected chi connectivity index (χ2v) is 7.86. The third kappa shape index (κ3) is 4.68. The number of H-pyrrole nitrogens is 1. The van der Waals surface area contributed by atoms with Crippen LogP contribution in [0, 0.1) is 0 Å². The molecule has 1 atom stereocenters. The first-order valence-electron chi connectivity index (χ1n) is 9.44. The lowest BCUT2D eigenvalue weighted by Crippen LogP contribution is -2.36. The zero-order chi connectivity index (χ0) is 22.8.